The molecular weight excluding hydrogens is 270 g/mol. The highest BCUT2D eigenvalue weighted by Gasteiger charge is 2.29. The van der Waals surface area contributed by atoms with Gasteiger partial charge in [-0.15, -0.1) is 0 Å². The molecule has 0 fully saturated rings. The highest BCUT2D eigenvalue weighted by Crippen LogP contribution is 2.31. The van der Waals surface area contributed by atoms with Crippen molar-refractivity contribution in [3.8, 4) is 0 Å². The van der Waals surface area contributed by atoms with Gasteiger partial charge in [0, 0.05) is 0 Å². The van der Waals surface area contributed by atoms with E-state index in [1.807, 2.05) is 0 Å². The predicted octanol–water partition coefficient (Wildman–Crippen LogP) is 0.379. The van der Waals surface area contributed by atoms with Gasteiger partial charge in [0.1, 0.15) is 9.79 Å². The van der Waals surface area contributed by atoms with Gasteiger partial charge in [-0.2, -0.15) is 16.8 Å². The van der Waals surface area contributed by atoms with Crippen LogP contribution in [0.5, 0.6) is 0 Å². The van der Waals surface area contributed by atoms with Gasteiger partial charge in [0.25, 0.3) is 20.2 Å². The van der Waals surface area contributed by atoms with E-state index in [2.05, 4.69) is 0 Å². The summed E-state index contributed by atoms with van der Waals surface area (Å²) in [6.45, 7) is 2.79. The molecule has 0 aliphatic carbocycles. The Morgan fingerprint density at radius 2 is 1.41 bits per heavy atom. The maximum Gasteiger partial charge on any atom is 0.297 e. The van der Waals surface area contributed by atoms with Crippen LogP contribution in [0.3, 0.4) is 0 Å². The monoisotopic (exact) mass is 281 g/mol. The van der Waals surface area contributed by atoms with E-state index < -0.39 is 35.7 Å². The quantitative estimate of drug-likeness (QED) is 0.526. The molecule has 0 aliphatic rings. The molecule has 0 atom stereocenters. The second-order valence-electron chi connectivity index (χ2n) is 3.52. The molecule has 7 nitrogen and oxygen atoms in total. The van der Waals surface area contributed by atoms with Crippen molar-refractivity contribution in [1.82, 2.24) is 0 Å². The first-order chi connectivity index (χ1) is 7.46. The molecule has 0 amide bonds. The van der Waals surface area contributed by atoms with Crippen LogP contribution >= 0.6 is 0 Å². The molecule has 4 N–H and O–H groups in total. The Morgan fingerprint density at radius 1 is 1.00 bits per heavy atom. The zero-order chi connectivity index (χ0) is 13.6. The fraction of sp³-hybridized carbons (Fsp3) is 0.250. The smallest absolute Gasteiger partial charge is 0.297 e. The van der Waals surface area contributed by atoms with Crippen molar-refractivity contribution in [2.45, 2.75) is 23.6 Å². The average molecular weight is 281 g/mol. The lowest BCUT2D eigenvalue weighted by molar-refractivity contribution is 0.466. The van der Waals surface area contributed by atoms with Gasteiger partial charge in [-0.25, -0.2) is 0 Å². The molecule has 0 saturated carbocycles. The Balaban J connectivity index is 4.03. The summed E-state index contributed by atoms with van der Waals surface area (Å²) < 4.78 is 62.4. The first-order valence-electron chi connectivity index (χ1n) is 4.31. The SMILES string of the molecule is Cc1cc(N)c(S(=O)(=O)O)c(S(=O)(=O)O)c1C. The minimum absolute atomic E-state index is 0.00863. The first kappa shape index (κ1) is 13.9. The molecule has 0 heterocycles. The van der Waals surface area contributed by atoms with Gasteiger partial charge >= 0.3 is 0 Å². The van der Waals surface area contributed by atoms with E-state index in [-0.39, 0.29) is 5.56 Å². The summed E-state index contributed by atoms with van der Waals surface area (Å²) in [6.07, 6.45) is 0. The molecular formula is C8H11NO6S2. The van der Waals surface area contributed by atoms with E-state index in [0.29, 0.717) is 5.56 Å². The minimum Gasteiger partial charge on any atom is -0.398 e. The zero-order valence-electron chi connectivity index (χ0n) is 9.00. The summed E-state index contributed by atoms with van der Waals surface area (Å²) in [5, 5.41) is 0. The van der Waals surface area contributed by atoms with Gasteiger partial charge in [-0.05, 0) is 31.0 Å². The van der Waals surface area contributed by atoms with Crippen LogP contribution in [0.4, 0.5) is 5.69 Å². The maximum atomic E-state index is 11.2. The van der Waals surface area contributed by atoms with E-state index in [0.717, 1.165) is 0 Å². The molecule has 1 aromatic rings. The number of nitrogens with two attached hydrogens (primary N) is 1. The van der Waals surface area contributed by atoms with Crippen molar-refractivity contribution >= 4 is 25.9 Å². The molecule has 17 heavy (non-hydrogen) atoms. The lowest BCUT2D eigenvalue weighted by Gasteiger charge is -2.12. The summed E-state index contributed by atoms with van der Waals surface area (Å²) in [4.78, 5) is -1.89. The van der Waals surface area contributed by atoms with Gasteiger partial charge in [0.15, 0.2) is 0 Å². The van der Waals surface area contributed by atoms with Crippen LogP contribution in [0, 0.1) is 13.8 Å². The molecule has 1 aromatic carbocycles. The number of benzene rings is 1. The standard InChI is InChI=1S/C8H11NO6S2/c1-4-3-6(9)8(17(13,14)15)7(5(4)2)16(10,11)12/h3H,9H2,1-2H3,(H,10,11,12)(H,13,14,15). The Labute approximate surface area is 98.8 Å². The second kappa shape index (κ2) is 3.95. The van der Waals surface area contributed by atoms with Crippen molar-refractivity contribution in [3.05, 3.63) is 17.2 Å². The van der Waals surface area contributed by atoms with Crippen LogP contribution in [0.1, 0.15) is 11.1 Å². The number of hydrogen-bond acceptors (Lipinski definition) is 5. The maximum absolute atomic E-state index is 11.2. The van der Waals surface area contributed by atoms with Crippen molar-refractivity contribution in [1.29, 1.82) is 0 Å². The van der Waals surface area contributed by atoms with Crippen LogP contribution in [0.25, 0.3) is 0 Å². The van der Waals surface area contributed by atoms with Gasteiger partial charge in [0.05, 0.1) is 5.69 Å². The largest absolute Gasteiger partial charge is 0.398 e. The van der Waals surface area contributed by atoms with Gasteiger partial charge in [-0.1, -0.05) is 0 Å². The summed E-state index contributed by atoms with van der Waals surface area (Å²) in [7, 11) is -9.66. The molecule has 0 unspecified atom stereocenters. The topological polar surface area (TPSA) is 135 Å². The number of rotatable bonds is 2. The molecule has 1 rings (SSSR count). The van der Waals surface area contributed by atoms with E-state index >= 15 is 0 Å². The van der Waals surface area contributed by atoms with Crippen LogP contribution in [0.2, 0.25) is 0 Å². The molecule has 0 aliphatic heterocycles. The number of anilines is 1. The van der Waals surface area contributed by atoms with Gasteiger partial charge in [-0.3, -0.25) is 9.11 Å². The van der Waals surface area contributed by atoms with Crippen molar-refractivity contribution in [2.75, 3.05) is 5.73 Å². The lowest BCUT2D eigenvalue weighted by atomic mass is 10.1. The molecule has 0 aromatic heterocycles. The highest BCUT2D eigenvalue weighted by atomic mass is 32.2. The summed E-state index contributed by atoms with van der Waals surface area (Å²) >= 11 is 0. The predicted molar refractivity (Wildman–Crippen MR) is 60.0 cm³/mol. The van der Waals surface area contributed by atoms with Crippen molar-refractivity contribution in [2.24, 2.45) is 0 Å². The Morgan fingerprint density at radius 3 is 1.76 bits per heavy atom. The Hall–Kier alpha value is -1.16. The fourth-order valence-electron chi connectivity index (χ4n) is 1.46. The summed E-state index contributed by atoms with van der Waals surface area (Å²) in [5.41, 5.74) is 5.30. The molecule has 0 saturated heterocycles. The van der Waals surface area contributed by atoms with E-state index in [1.54, 1.807) is 0 Å². The van der Waals surface area contributed by atoms with Crippen LogP contribution < -0.4 is 5.73 Å². The van der Waals surface area contributed by atoms with Gasteiger partial charge < -0.3 is 5.73 Å². The normalized spacial score (nSPS) is 12.7. The number of aryl methyl sites for hydroxylation is 1. The Kier molecular flexibility index (Phi) is 3.23. The fourth-order valence-corrected chi connectivity index (χ4v) is 3.74. The van der Waals surface area contributed by atoms with Crippen LogP contribution in [-0.4, -0.2) is 25.9 Å². The van der Waals surface area contributed by atoms with Crippen LogP contribution in [0.15, 0.2) is 15.9 Å². The zero-order valence-corrected chi connectivity index (χ0v) is 10.6. The third-order valence-electron chi connectivity index (χ3n) is 2.29. The molecule has 96 valence electrons. The molecule has 0 bridgehead atoms. The third kappa shape index (κ3) is 2.57. The summed E-state index contributed by atoms with van der Waals surface area (Å²) in [5.74, 6) is 0. The third-order valence-corrected chi connectivity index (χ3v) is 4.40. The Bertz CT molecular complexity index is 674. The van der Waals surface area contributed by atoms with E-state index in [9.17, 15) is 16.8 Å². The van der Waals surface area contributed by atoms with Crippen molar-refractivity contribution in [3.63, 3.8) is 0 Å². The lowest BCUT2D eigenvalue weighted by Crippen LogP contribution is -2.14. The number of hydrogen-bond donors (Lipinski definition) is 3. The highest BCUT2D eigenvalue weighted by molar-refractivity contribution is 7.89. The van der Waals surface area contributed by atoms with Gasteiger partial charge in [0.2, 0.25) is 0 Å². The first-order valence-corrected chi connectivity index (χ1v) is 7.19. The molecule has 0 radical (unpaired) electrons. The minimum atomic E-state index is -4.85. The van der Waals surface area contributed by atoms with E-state index in [4.69, 9.17) is 14.8 Å². The molecule has 0 spiro atoms. The van der Waals surface area contributed by atoms with Crippen LogP contribution in [-0.2, 0) is 20.2 Å². The second-order valence-corrected chi connectivity index (χ2v) is 6.23. The summed E-state index contributed by atoms with van der Waals surface area (Å²) in [6, 6.07) is 1.20. The average Bonchev–Trinajstić information content (AvgIpc) is 2.06. The molecule has 9 heteroatoms. The number of nitrogen functional groups attached to an aromatic ring is 1. The van der Waals surface area contributed by atoms with E-state index in [1.165, 1.54) is 19.9 Å². The van der Waals surface area contributed by atoms with Crippen molar-refractivity contribution < 1.29 is 25.9 Å².